The summed E-state index contributed by atoms with van der Waals surface area (Å²) in [6.07, 6.45) is 6.78. The van der Waals surface area contributed by atoms with Gasteiger partial charge in [-0.1, -0.05) is 12.1 Å². The van der Waals surface area contributed by atoms with E-state index in [4.69, 9.17) is 4.74 Å². The number of aryl methyl sites for hydroxylation is 1. The first-order valence-corrected chi connectivity index (χ1v) is 9.51. The third-order valence-corrected chi connectivity index (χ3v) is 5.45. The molecule has 1 saturated heterocycles. The SMILES string of the molecule is CO[C@H]1CN(c2cc(-n3ncc4ccc(-c5cnn(C)c5)cc43)ccn2)C[C@@H]1O. The summed E-state index contributed by atoms with van der Waals surface area (Å²) in [7, 11) is 3.53. The Bertz CT molecular complexity index is 1170. The van der Waals surface area contributed by atoms with Crippen LogP contribution in [0.1, 0.15) is 0 Å². The molecule has 4 heterocycles. The topological polar surface area (TPSA) is 81.2 Å². The summed E-state index contributed by atoms with van der Waals surface area (Å²) < 4.78 is 9.06. The number of nitrogens with zero attached hydrogens (tertiary/aromatic N) is 6. The summed E-state index contributed by atoms with van der Waals surface area (Å²) in [5.41, 5.74) is 4.09. The van der Waals surface area contributed by atoms with E-state index in [2.05, 4.69) is 33.4 Å². The van der Waals surface area contributed by atoms with Gasteiger partial charge in [0, 0.05) is 56.7 Å². The first-order chi connectivity index (χ1) is 14.1. The molecule has 0 aliphatic carbocycles. The van der Waals surface area contributed by atoms with Crippen molar-refractivity contribution >= 4 is 16.7 Å². The molecule has 1 aromatic carbocycles. The minimum absolute atomic E-state index is 0.201. The van der Waals surface area contributed by atoms with Crippen LogP contribution in [0.4, 0.5) is 5.82 Å². The first-order valence-electron chi connectivity index (χ1n) is 9.51. The molecule has 2 atom stereocenters. The minimum atomic E-state index is -0.516. The molecule has 4 aromatic rings. The van der Waals surface area contributed by atoms with Crippen LogP contribution in [-0.4, -0.2) is 62.1 Å². The average Bonchev–Trinajstić information content (AvgIpc) is 3.45. The summed E-state index contributed by atoms with van der Waals surface area (Å²) in [6.45, 7) is 1.11. The van der Waals surface area contributed by atoms with Crippen LogP contribution >= 0.6 is 0 Å². The Morgan fingerprint density at radius 2 is 1.97 bits per heavy atom. The maximum Gasteiger partial charge on any atom is 0.130 e. The number of β-amino-alcohol motifs (C(OH)–C–C–N with tert-alkyl or cyclic N) is 1. The molecule has 3 aromatic heterocycles. The summed E-state index contributed by atoms with van der Waals surface area (Å²) >= 11 is 0. The maximum atomic E-state index is 10.1. The lowest BCUT2D eigenvalue weighted by atomic mass is 10.1. The lowest BCUT2D eigenvalue weighted by Crippen LogP contribution is -2.25. The summed E-state index contributed by atoms with van der Waals surface area (Å²) in [5, 5.41) is 20.1. The second kappa shape index (κ2) is 6.98. The van der Waals surface area contributed by atoms with Crippen LogP contribution in [0.15, 0.2) is 55.1 Å². The van der Waals surface area contributed by atoms with E-state index in [9.17, 15) is 5.11 Å². The van der Waals surface area contributed by atoms with Crippen LogP contribution in [0.5, 0.6) is 0 Å². The third kappa shape index (κ3) is 3.16. The Morgan fingerprint density at radius 1 is 1.07 bits per heavy atom. The summed E-state index contributed by atoms with van der Waals surface area (Å²) in [4.78, 5) is 6.53. The zero-order valence-corrected chi connectivity index (χ0v) is 16.3. The van der Waals surface area contributed by atoms with Gasteiger partial charge in [-0.05, 0) is 17.7 Å². The van der Waals surface area contributed by atoms with Gasteiger partial charge in [-0.15, -0.1) is 0 Å². The molecule has 8 nitrogen and oxygen atoms in total. The van der Waals surface area contributed by atoms with Crippen molar-refractivity contribution in [2.24, 2.45) is 7.05 Å². The van der Waals surface area contributed by atoms with Crippen molar-refractivity contribution in [1.82, 2.24) is 24.5 Å². The number of pyridine rings is 1. The Morgan fingerprint density at radius 3 is 2.72 bits per heavy atom. The highest BCUT2D eigenvalue weighted by molar-refractivity contribution is 5.85. The van der Waals surface area contributed by atoms with E-state index in [0.29, 0.717) is 13.1 Å². The predicted octanol–water partition coefficient (Wildman–Crippen LogP) is 2.02. The van der Waals surface area contributed by atoms with Crippen molar-refractivity contribution in [2.45, 2.75) is 12.2 Å². The standard InChI is InChI=1S/C21H22N6O2/c1-25-11-16(10-23-25)14-3-4-15-9-24-27(18(15)7-14)17-5-6-22-21(8-17)26-12-19(28)20(13-26)29-2/h3-11,19-20,28H,12-13H2,1-2H3/t19-,20-/m0/s1. The Kier molecular flexibility index (Phi) is 4.30. The van der Waals surface area contributed by atoms with Gasteiger partial charge < -0.3 is 14.7 Å². The molecule has 1 aliphatic heterocycles. The van der Waals surface area contributed by atoms with Crippen molar-refractivity contribution in [3.05, 3.63) is 55.1 Å². The quantitative estimate of drug-likeness (QED) is 0.574. The molecule has 8 heteroatoms. The van der Waals surface area contributed by atoms with Gasteiger partial charge in [0.1, 0.15) is 11.9 Å². The number of fused-ring (bicyclic) bond motifs is 1. The van der Waals surface area contributed by atoms with Gasteiger partial charge >= 0.3 is 0 Å². The van der Waals surface area contributed by atoms with E-state index in [0.717, 1.165) is 33.5 Å². The van der Waals surface area contributed by atoms with Crippen LogP contribution in [0.2, 0.25) is 0 Å². The van der Waals surface area contributed by atoms with E-state index < -0.39 is 6.10 Å². The van der Waals surface area contributed by atoms with Gasteiger partial charge in [-0.3, -0.25) is 4.68 Å². The lowest BCUT2D eigenvalue weighted by molar-refractivity contribution is 0.0217. The van der Waals surface area contributed by atoms with Gasteiger partial charge in [-0.25, -0.2) is 9.67 Å². The van der Waals surface area contributed by atoms with Crippen LogP contribution in [0, 0.1) is 0 Å². The fourth-order valence-electron chi connectivity index (χ4n) is 3.86. The molecule has 0 unspecified atom stereocenters. The van der Waals surface area contributed by atoms with E-state index in [1.807, 2.05) is 47.4 Å². The van der Waals surface area contributed by atoms with Crippen LogP contribution in [-0.2, 0) is 11.8 Å². The normalized spacial score (nSPS) is 19.3. The smallest absolute Gasteiger partial charge is 0.130 e. The number of hydrogen-bond donors (Lipinski definition) is 1. The van der Waals surface area contributed by atoms with Crippen LogP contribution in [0.3, 0.4) is 0 Å². The van der Waals surface area contributed by atoms with Gasteiger partial charge in [-0.2, -0.15) is 10.2 Å². The molecule has 1 aliphatic rings. The number of aromatic nitrogens is 5. The fraction of sp³-hybridized carbons (Fsp3) is 0.286. The number of anilines is 1. The monoisotopic (exact) mass is 390 g/mol. The molecule has 0 radical (unpaired) electrons. The minimum Gasteiger partial charge on any atom is -0.388 e. The fourth-order valence-corrected chi connectivity index (χ4v) is 3.86. The first kappa shape index (κ1) is 17.8. The molecular formula is C21H22N6O2. The second-order valence-electron chi connectivity index (χ2n) is 7.35. The summed E-state index contributed by atoms with van der Waals surface area (Å²) in [5.74, 6) is 0.799. The number of aliphatic hydroxyl groups is 1. The molecular weight excluding hydrogens is 368 g/mol. The Labute approximate surface area is 168 Å². The average molecular weight is 390 g/mol. The highest BCUT2D eigenvalue weighted by atomic mass is 16.5. The number of methoxy groups -OCH3 is 1. The van der Waals surface area contributed by atoms with E-state index in [-0.39, 0.29) is 6.10 Å². The van der Waals surface area contributed by atoms with Gasteiger partial charge in [0.15, 0.2) is 0 Å². The Balaban J connectivity index is 1.52. The zero-order chi connectivity index (χ0) is 20.0. The number of ether oxygens (including phenoxy) is 1. The number of hydrogen-bond acceptors (Lipinski definition) is 6. The van der Waals surface area contributed by atoms with Crippen molar-refractivity contribution in [3.8, 4) is 16.8 Å². The lowest BCUT2D eigenvalue weighted by Gasteiger charge is -2.17. The van der Waals surface area contributed by atoms with Crippen molar-refractivity contribution in [1.29, 1.82) is 0 Å². The molecule has 1 N–H and O–H groups in total. The molecule has 0 spiro atoms. The second-order valence-corrected chi connectivity index (χ2v) is 7.35. The summed E-state index contributed by atoms with van der Waals surface area (Å²) in [6, 6.07) is 10.2. The molecule has 1 fully saturated rings. The van der Waals surface area contributed by atoms with Gasteiger partial charge in [0.05, 0.1) is 29.7 Å². The number of aliphatic hydroxyl groups excluding tert-OH is 1. The number of benzene rings is 1. The molecule has 0 bridgehead atoms. The van der Waals surface area contributed by atoms with E-state index in [1.165, 1.54) is 0 Å². The van der Waals surface area contributed by atoms with Gasteiger partial charge in [0.2, 0.25) is 0 Å². The van der Waals surface area contributed by atoms with Gasteiger partial charge in [0.25, 0.3) is 0 Å². The van der Waals surface area contributed by atoms with Crippen molar-refractivity contribution < 1.29 is 9.84 Å². The van der Waals surface area contributed by atoms with Crippen LogP contribution < -0.4 is 4.90 Å². The van der Waals surface area contributed by atoms with Crippen LogP contribution in [0.25, 0.3) is 27.7 Å². The molecule has 0 saturated carbocycles. The van der Waals surface area contributed by atoms with E-state index in [1.54, 1.807) is 18.0 Å². The Hall–Kier alpha value is -3.23. The molecule has 148 valence electrons. The highest BCUT2D eigenvalue weighted by Crippen LogP contribution is 2.27. The maximum absolute atomic E-state index is 10.1. The largest absolute Gasteiger partial charge is 0.388 e. The van der Waals surface area contributed by atoms with Crippen molar-refractivity contribution in [3.63, 3.8) is 0 Å². The molecule has 29 heavy (non-hydrogen) atoms. The van der Waals surface area contributed by atoms with E-state index >= 15 is 0 Å². The van der Waals surface area contributed by atoms with Crippen molar-refractivity contribution in [2.75, 3.05) is 25.1 Å². The predicted molar refractivity (Wildman–Crippen MR) is 110 cm³/mol. The highest BCUT2D eigenvalue weighted by Gasteiger charge is 2.32. The third-order valence-electron chi connectivity index (χ3n) is 5.45. The molecule has 5 rings (SSSR count). The number of rotatable bonds is 4. The molecule has 0 amide bonds. The zero-order valence-electron chi connectivity index (χ0n) is 16.3.